The van der Waals surface area contributed by atoms with Gasteiger partial charge in [0.05, 0.1) is 0 Å². The molecular formula is C16H21NO2. The highest BCUT2D eigenvalue weighted by atomic mass is 16.6. The molecule has 0 radical (unpaired) electrons. The summed E-state index contributed by atoms with van der Waals surface area (Å²) in [6, 6.07) is 10.0. The zero-order valence-electron chi connectivity index (χ0n) is 11.6. The first-order chi connectivity index (χ1) is 9.24. The van der Waals surface area contributed by atoms with Crippen LogP contribution >= 0.6 is 0 Å². The number of hydrogen-bond donors (Lipinski definition) is 0. The van der Waals surface area contributed by atoms with Crippen molar-refractivity contribution in [3.8, 4) is 0 Å². The average Bonchev–Trinajstić information content (AvgIpc) is 2.70. The van der Waals surface area contributed by atoms with Gasteiger partial charge in [-0.3, -0.25) is 4.90 Å². The van der Waals surface area contributed by atoms with Crippen LogP contribution in [0.1, 0.15) is 44.7 Å². The van der Waals surface area contributed by atoms with E-state index in [9.17, 15) is 4.79 Å². The summed E-state index contributed by atoms with van der Waals surface area (Å²) in [7, 11) is 0. The molecule has 3 nitrogen and oxygen atoms in total. The Morgan fingerprint density at radius 3 is 2.74 bits per heavy atom. The van der Waals surface area contributed by atoms with Crippen LogP contribution in [-0.2, 0) is 4.74 Å². The van der Waals surface area contributed by atoms with Crippen LogP contribution in [0.2, 0.25) is 0 Å². The molecule has 102 valence electrons. The van der Waals surface area contributed by atoms with Gasteiger partial charge >= 0.3 is 6.09 Å². The van der Waals surface area contributed by atoms with Gasteiger partial charge in [-0.15, -0.1) is 0 Å². The molecule has 1 aromatic rings. The van der Waals surface area contributed by atoms with Crippen LogP contribution in [0.4, 0.5) is 4.79 Å². The zero-order valence-corrected chi connectivity index (χ0v) is 11.6. The summed E-state index contributed by atoms with van der Waals surface area (Å²) in [4.78, 5) is 13.6. The lowest BCUT2D eigenvalue weighted by Crippen LogP contribution is -2.23. The van der Waals surface area contributed by atoms with Crippen molar-refractivity contribution in [1.82, 2.24) is 4.90 Å². The lowest BCUT2D eigenvalue weighted by molar-refractivity contribution is 0.139. The highest BCUT2D eigenvalue weighted by molar-refractivity contribution is 5.72. The number of benzene rings is 1. The Bertz CT molecular complexity index is 441. The van der Waals surface area contributed by atoms with Gasteiger partial charge in [-0.1, -0.05) is 56.2 Å². The molecule has 2 atom stereocenters. The standard InChI is InChI=1S/C16H21NO2/c1-3-4-5-9-12-17-15(13(2)19-16(17)18)14-10-7-6-8-11-14/h6-13,15H,3-5H2,1-2H3/b12-9+/t13-,15-/m0/s1. The summed E-state index contributed by atoms with van der Waals surface area (Å²) in [6.45, 7) is 4.10. The van der Waals surface area contributed by atoms with E-state index in [0.717, 1.165) is 24.8 Å². The van der Waals surface area contributed by atoms with Gasteiger partial charge < -0.3 is 4.74 Å². The molecule has 0 spiro atoms. The molecule has 19 heavy (non-hydrogen) atoms. The first-order valence-electron chi connectivity index (χ1n) is 6.94. The van der Waals surface area contributed by atoms with Crippen LogP contribution in [0.3, 0.4) is 0 Å². The quantitative estimate of drug-likeness (QED) is 0.739. The molecule has 1 amide bonds. The Hall–Kier alpha value is -1.77. The fourth-order valence-corrected chi connectivity index (χ4v) is 2.37. The van der Waals surface area contributed by atoms with E-state index in [1.165, 1.54) is 0 Å². The van der Waals surface area contributed by atoms with Crippen molar-refractivity contribution >= 4 is 6.09 Å². The summed E-state index contributed by atoms with van der Waals surface area (Å²) in [5.74, 6) is 0. The predicted molar refractivity (Wildman–Crippen MR) is 75.6 cm³/mol. The number of ether oxygens (including phenoxy) is 1. The molecule has 2 rings (SSSR count). The van der Waals surface area contributed by atoms with E-state index in [-0.39, 0.29) is 18.2 Å². The molecule has 1 aliphatic rings. The largest absolute Gasteiger partial charge is 0.444 e. The molecule has 0 bridgehead atoms. The second kappa shape index (κ2) is 6.41. The molecular weight excluding hydrogens is 238 g/mol. The molecule has 0 unspecified atom stereocenters. The maximum Gasteiger partial charge on any atom is 0.414 e. The molecule has 0 aromatic heterocycles. The fourth-order valence-electron chi connectivity index (χ4n) is 2.37. The van der Waals surface area contributed by atoms with E-state index < -0.39 is 0 Å². The Balaban J connectivity index is 2.14. The minimum atomic E-state index is -0.255. The molecule has 1 fully saturated rings. The maximum atomic E-state index is 11.9. The van der Waals surface area contributed by atoms with E-state index in [2.05, 4.69) is 13.0 Å². The first kappa shape index (κ1) is 13.7. The number of carbonyl (C=O) groups is 1. The van der Waals surface area contributed by atoms with E-state index in [0.29, 0.717) is 0 Å². The SMILES string of the molecule is CCCC/C=C/N1C(=O)O[C@@H](C)[C@H]1c1ccccc1. The lowest BCUT2D eigenvalue weighted by Gasteiger charge is -2.20. The van der Waals surface area contributed by atoms with Crippen molar-refractivity contribution in [1.29, 1.82) is 0 Å². The van der Waals surface area contributed by atoms with Gasteiger partial charge in [0.2, 0.25) is 0 Å². The number of rotatable bonds is 5. The van der Waals surface area contributed by atoms with Gasteiger partial charge in [0.15, 0.2) is 0 Å². The van der Waals surface area contributed by atoms with Gasteiger partial charge in [-0.2, -0.15) is 0 Å². The highest BCUT2D eigenvalue weighted by Crippen LogP contribution is 2.33. The van der Waals surface area contributed by atoms with E-state index in [4.69, 9.17) is 4.74 Å². The van der Waals surface area contributed by atoms with Crippen molar-refractivity contribution in [3.05, 3.63) is 48.2 Å². The van der Waals surface area contributed by atoms with Crippen LogP contribution in [0.15, 0.2) is 42.6 Å². The third-order valence-corrected chi connectivity index (χ3v) is 3.37. The van der Waals surface area contributed by atoms with Crippen LogP contribution in [0, 0.1) is 0 Å². The van der Waals surface area contributed by atoms with Crippen molar-refractivity contribution < 1.29 is 9.53 Å². The molecule has 3 heteroatoms. The van der Waals surface area contributed by atoms with E-state index in [1.807, 2.05) is 43.5 Å². The third-order valence-electron chi connectivity index (χ3n) is 3.37. The number of hydrogen-bond acceptors (Lipinski definition) is 2. The summed E-state index contributed by atoms with van der Waals surface area (Å²) >= 11 is 0. The van der Waals surface area contributed by atoms with E-state index in [1.54, 1.807) is 4.90 Å². The average molecular weight is 259 g/mol. The number of amides is 1. The number of nitrogens with zero attached hydrogens (tertiary/aromatic N) is 1. The topological polar surface area (TPSA) is 29.5 Å². The summed E-state index contributed by atoms with van der Waals surface area (Å²) in [6.07, 6.45) is 6.85. The van der Waals surface area contributed by atoms with Crippen LogP contribution in [0.5, 0.6) is 0 Å². The van der Waals surface area contributed by atoms with Gasteiger partial charge in [0.25, 0.3) is 0 Å². The summed E-state index contributed by atoms with van der Waals surface area (Å²) in [5, 5.41) is 0. The smallest absolute Gasteiger partial charge is 0.414 e. The van der Waals surface area contributed by atoms with Gasteiger partial charge in [0.1, 0.15) is 12.1 Å². The normalized spacial score (nSPS) is 23.1. The monoisotopic (exact) mass is 259 g/mol. The molecule has 1 aliphatic heterocycles. The fraction of sp³-hybridized carbons (Fsp3) is 0.438. The van der Waals surface area contributed by atoms with Crippen LogP contribution in [0.25, 0.3) is 0 Å². The minimum absolute atomic E-state index is 0.0217. The van der Waals surface area contributed by atoms with Gasteiger partial charge in [-0.05, 0) is 18.9 Å². The summed E-state index contributed by atoms with van der Waals surface area (Å²) < 4.78 is 5.33. The molecule has 1 saturated heterocycles. The van der Waals surface area contributed by atoms with Crippen molar-refractivity contribution in [2.45, 2.75) is 45.3 Å². The number of unbranched alkanes of at least 4 members (excludes halogenated alkanes) is 2. The Kier molecular flexibility index (Phi) is 4.61. The van der Waals surface area contributed by atoms with Crippen molar-refractivity contribution in [2.24, 2.45) is 0 Å². The van der Waals surface area contributed by atoms with Crippen LogP contribution in [-0.4, -0.2) is 17.1 Å². The molecule has 1 heterocycles. The van der Waals surface area contributed by atoms with Crippen molar-refractivity contribution in [2.75, 3.05) is 0 Å². The molecule has 1 aromatic carbocycles. The minimum Gasteiger partial charge on any atom is -0.444 e. The number of allylic oxidation sites excluding steroid dienone is 1. The Morgan fingerprint density at radius 1 is 1.32 bits per heavy atom. The molecule has 0 aliphatic carbocycles. The van der Waals surface area contributed by atoms with Gasteiger partial charge in [0, 0.05) is 6.20 Å². The highest BCUT2D eigenvalue weighted by Gasteiger charge is 2.38. The van der Waals surface area contributed by atoms with Crippen molar-refractivity contribution in [3.63, 3.8) is 0 Å². The lowest BCUT2D eigenvalue weighted by atomic mass is 10.0. The Labute approximate surface area is 114 Å². The Morgan fingerprint density at radius 2 is 2.05 bits per heavy atom. The first-order valence-corrected chi connectivity index (χ1v) is 6.94. The maximum absolute atomic E-state index is 11.9. The molecule has 0 saturated carbocycles. The summed E-state index contributed by atoms with van der Waals surface area (Å²) in [5.41, 5.74) is 1.11. The zero-order chi connectivity index (χ0) is 13.7. The number of cyclic esters (lactones) is 1. The number of carbonyl (C=O) groups excluding carboxylic acids is 1. The second-order valence-corrected chi connectivity index (χ2v) is 4.88. The van der Waals surface area contributed by atoms with Crippen LogP contribution < -0.4 is 0 Å². The van der Waals surface area contributed by atoms with Gasteiger partial charge in [-0.25, -0.2) is 4.79 Å². The van der Waals surface area contributed by atoms with E-state index >= 15 is 0 Å². The molecule has 0 N–H and O–H groups in total. The predicted octanol–water partition coefficient (Wildman–Crippen LogP) is 4.27. The third kappa shape index (κ3) is 3.16. The second-order valence-electron chi connectivity index (χ2n) is 4.88.